The number of para-hydroxylation sites is 1. The predicted octanol–water partition coefficient (Wildman–Crippen LogP) is 5.63. The Balaban J connectivity index is 1.82. The molecule has 0 aliphatic heterocycles. The second-order valence-corrected chi connectivity index (χ2v) is 10.5. The first-order valence-corrected chi connectivity index (χ1v) is 13.6. The van der Waals surface area contributed by atoms with E-state index in [0.717, 1.165) is 27.4 Å². The molecule has 0 aliphatic carbocycles. The van der Waals surface area contributed by atoms with Crippen LogP contribution in [0.5, 0.6) is 0 Å². The van der Waals surface area contributed by atoms with Crippen molar-refractivity contribution < 1.29 is 18.9 Å². The zero-order valence-corrected chi connectivity index (χ0v) is 20.5. The van der Waals surface area contributed by atoms with Crippen molar-refractivity contribution in [2.75, 3.05) is 13.2 Å². The fraction of sp³-hybridized carbons (Fsp3) is 0.240. The van der Waals surface area contributed by atoms with Crippen molar-refractivity contribution in [3.63, 3.8) is 0 Å². The Morgan fingerprint density at radius 3 is 2.24 bits per heavy atom. The van der Waals surface area contributed by atoms with Crippen molar-refractivity contribution in [1.82, 2.24) is 9.78 Å². The second kappa shape index (κ2) is 11.1. The molecule has 0 aliphatic rings. The summed E-state index contributed by atoms with van der Waals surface area (Å²) in [6, 6.07) is 24.1. The van der Waals surface area contributed by atoms with E-state index in [4.69, 9.17) is 14.1 Å². The minimum absolute atomic E-state index is 0.300. The summed E-state index contributed by atoms with van der Waals surface area (Å²) in [4.78, 5) is 1.01. The normalized spacial score (nSPS) is 12.7. The number of hydrogen-bond donors (Lipinski definition) is 1. The zero-order chi connectivity index (χ0) is 23.1. The van der Waals surface area contributed by atoms with Gasteiger partial charge in [-0.3, -0.25) is 4.57 Å². The van der Waals surface area contributed by atoms with Crippen LogP contribution in [0.1, 0.15) is 30.8 Å². The smallest absolute Gasteiger partial charge is 0.326 e. The molecule has 0 fully saturated rings. The van der Waals surface area contributed by atoms with E-state index in [-0.39, 0.29) is 0 Å². The molecular formula is C25H29N3O3PS+. The molecular weight excluding hydrogens is 453 g/mol. The molecule has 0 radical (unpaired) electrons. The maximum atomic E-state index is 14.1. The summed E-state index contributed by atoms with van der Waals surface area (Å²) in [6.45, 7) is 4.92. The van der Waals surface area contributed by atoms with Gasteiger partial charge in [0.25, 0.3) is 0 Å². The van der Waals surface area contributed by atoms with E-state index in [1.165, 1.54) is 0 Å². The number of quaternary nitrogens is 1. The van der Waals surface area contributed by atoms with Gasteiger partial charge in [0.15, 0.2) is 0 Å². The number of thiophene rings is 1. The standard InChI is InChI=1S/C25H28N3O3PS/c1-3-30-32(29,31-4-2)25(26-18-20-12-7-5-8-13-20)22-19-28(21-14-9-6-10-15-21)27-24(22)23-16-11-17-33-23/h5-17,19,25-26H,3-4,18H2,1-2H3/p+1/t25-/m1/s1. The average molecular weight is 483 g/mol. The van der Waals surface area contributed by atoms with Gasteiger partial charge in [-0.25, -0.2) is 4.68 Å². The van der Waals surface area contributed by atoms with E-state index in [2.05, 4.69) is 12.1 Å². The van der Waals surface area contributed by atoms with Gasteiger partial charge in [-0.1, -0.05) is 54.6 Å². The molecule has 2 aromatic heterocycles. The lowest BCUT2D eigenvalue weighted by Crippen LogP contribution is -2.83. The summed E-state index contributed by atoms with van der Waals surface area (Å²) in [6.07, 6.45) is 1.96. The Hall–Kier alpha value is -2.54. The molecule has 0 bridgehead atoms. The van der Waals surface area contributed by atoms with Crippen LogP contribution < -0.4 is 5.32 Å². The van der Waals surface area contributed by atoms with E-state index in [1.54, 1.807) is 11.3 Å². The molecule has 0 amide bonds. The Morgan fingerprint density at radius 1 is 0.970 bits per heavy atom. The van der Waals surface area contributed by atoms with Crippen LogP contribution in [0, 0.1) is 0 Å². The van der Waals surface area contributed by atoms with Crippen LogP contribution >= 0.6 is 18.9 Å². The van der Waals surface area contributed by atoms with E-state index in [1.807, 2.05) is 96.1 Å². The third-order valence-corrected chi connectivity index (χ3v) is 8.50. The van der Waals surface area contributed by atoms with Gasteiger partial charge < -0.3 is 14.4 Å². The molecule has 8 heteroatoms. The number of nitrogens with zero attached hydrogens (tertiary/aromatic N) is 2. The number of nitrogens with two attached hydrogens (primary N) is 1. The van der Waals surface area contributed by atoms with E-state index in [0.29, 0.717) is 19.8 Å². The topological polar surface area (TPSA) is 70.0 Å². The van der Waals surface area contributed by atoms with Gasteiger partial charge in [-0.2, -0.15) is 5.10 Å². The minimum atomic E-state index is -3.50. The highest BCUT2D eigenvalue weighted by atomic mass is 32.1. The molecule has 4 aromatic rings. The molecule has 1 atom stereocenters. The molecule has 2 aromatic carbocycles. The molecule has 0 saturated carbocycles. The quantitative estimate of drug-likeness (QED) is 0.281. The van der Waals surface area contributed by atoms with Crippen LogP contribution in [-0.2, 0) is 20.2 Å². The second-order valence-electron chi connectivity index (χ2n) is 7.44. The van der Waals surface area contributed by atoms with Crippen LogP contribution in [-0.4, -0.2) is 23.0 Å². The number of hydrogen-bond acceptors (Lipinski definition) is 5. The lowest BCUT2D eigenvalue weighted by atomic mass is 10.2. The molecule has 2 heterocycles. The Morgan fingerprint density at radius 2 is 1.64 bits per heavy atom. The summed E-state index contributed by atoms with van der Waals surface area (Å²) in [7, 11) is -3.50. The first-order chi connectivity index (χ1) is 16.1. The molecule has 0 spiro atoms. The molecule has 6 nitrogen and oxygen atoms in total. The van der Waals surface area contributed by atoms with Crippen LogP contribution in [0.2, 0.25) is 0 Å². The average Bonchev–Trinajstić information content (AvgIpc) is 3.51. The largest absolute Gasteiger partial charge is 0.392 e. The van der Waals surface area contributed by atoms with Crippen molar-refractivity contribution >= 4 is 18.9 Å². The maximum absolute atomic E-state index is 14.1. The van der Waals surface area contributed by atoms with Gasteiger partial charge in [0.05, 0.1) is 29.3 Å². The summed E-state index contributed by atoms with van der Waals surface area (Å²) in [5.41, 5.74) is 3.70. The van der Waals surface area contributed by atoms with Gasteiger partial charge in [0.1, 0.15) is 12.2 Å². The van der Waals surface area contributed by atoms with Crippen LogP contribution in [0.3, 0.4) is 0 Å². The van der Waals surface area contributed by atoms with Gasteiger partial charge in [0, 0.05) is 11.8 Å². The highest BCUT2D eigenvalue weighted by Crippen LogP contribution is 2.59. The van der Waals surface area contributed by atoms with Crippen molar-refractivity contribution in [2.45, 2.75) is 26.2 Å². The first kappa shape index (κ1) is 23.6. The summed E-state index contributed by atoms with van der Waals surface area (Å²) in [5, 5.41) is 8.98. The van der Waals surface area contributed by atoms with Crippen LogP contribution in [0.25, 0.3) is 16.3 Å². The number of aromatic nitrogens is 2. The first-order valence-electron chi connectivity index (χ1n) is 11.1. The van der Waals surface area contributed by atoms with Crippen molar-refractivity contribution in [2.24, 2.45) is 0 Å². The fourth-order valence-electron chi connectivity index (χ4n) is 3.77. The van der Waals surface area contributed by atoms with E-state index >= 15 is 0 Å². The monoisotopic (exact) mass is 482 g/mol. The van der Waals surface area contributed by atoms with Crippen molar-refractivity contribution in [3.05, 3.63) is 95.5 Å². The number of rotatable bonds is 11. The number of benzene rings is 2. The predicted molar refractivity (Wildman–Crippen MR) is 133 cm³/mol. The molecule has 0 unspecified atom stereocenters. The lowest BCUT2D eigenvalue weighted by molar-refractivity contribution is -0.693. The Labute approximate surface area is 198 Å². The highest BCUT2D eigenvalue weighted by molar-refractivity contribution is 7.54. The van der Waals surface area contributed by atoms with Crippen molar-refractivity contribution in [1.29, 1.82) is 0 Å². The van der Waals surface area contributed by atoms with E-state index in [9.17, 15) is 4.57 Å². The summed E-state index contributed by atoms with van der Waals surface area (Å²) in [5.74, 6) is -0.563. The Bertz CT molecular complexity index is 1170. The molecule has 2 N–H and O–H groups in total. The Kier molecular flexibility index (Phi) is 7.91. The molecule has 33 heavy (non-hydrogen) atoms. The highest BCUT2D eigenvalue weighted by Gasteiger charge is 2.43. The van der Waals surface area contributed by atoms with Gasteiger partial charge in [-0.05, 0) is 37.4 Å². The van der Waals surface area contributed by atoms with Gasteiger partial charge in [-0.15, -0.1) is 11.3 Å². The molecule has 4 rings (SSSR count). The van der Waals surface area contributed by atoms with Crippen LogP contribution in [0.4, 0.5) is 0 Å². The fourth-order valence-corrected chi connectivity index (χ4v) is 6.51. The third kappa shape index (κ3) is 5.52. The zero-order valence-electron chi connectivity index (χ0n) is 18.8. The minimum Gasteiger partial charge on any atom is -0.326 e. The van der Waals surface area contributed by atoms with E-state index < -0.39 is 13.4 Å². The van der Waals surface area contributed by atoms with Gasteiger partial charge >= 0.3 is 7.60 Å². The molecule has 172 valence electrons. The van der Waals surface area contributed by atoms with Gasteiger partial charge in [0.2, 0.25) is 5.78 Å². The van der Waals surface area contributed by atoms with Crippen LogP contribution in [0.15, 0.2) is 84.4 Å². The third-order valence-electron chi connectivity index (χ3n) is 5.21. The SMILES string of the molecule is CCOP(=O)(OCC)[C@@H]([NH2+]Cc1ccccc1)c1cn(-c2ccccc2)nc1-c1cccs1. The molecule has 0 saturated heterocycles. The maximum Gasteiger partial charge on any atom is 0.392 e. The van der Waals surface area contributed by atoms with Crippen molar-refractivity contribution in [3.8, 4) is 16.3 Å². The summed E-state index contributed by atoms with van der Waals surface area (Å²) < 4.78 is 27.6. The summed E-state index contributed by atoms with van der Waals surface area (Å²) >= 11 is 1.61. The lowest BCUT2D eigenvalue weighted by Gasteiger charge is -2.24.